The molecule has 1 atom stereocenters. The zero-order chi connectivity index (χ0) is 18.0. The Balaban J connectivity index is 1.73. The maximum atomic E-state index is 12.3. The minimum Gasteiger partial charge on any atom is -0.311 e. The van der Waals surface area contributed by atoms with Crippen LogP contribution < -0.4 is 10.6 Å². The third-order valence-electron chi connectivity index (χ3n) is 4.00. The van der Waals surface area contributed by atoms with Crippen molar-refractivity contribution in [3.05, 3.63) is 30.1 Å². The minimum atomic E-state index is -0.316. The first-order valence-corrected chi connectivity index (χ1v) is 7.77. The van der Waals surface area contributed by atoms with Gasteiger partial charge in [0, 0.05) is 31.8 Å². The maximum absolute atomic E-state index is 12.3. The Morgan fingerprint density at radius 3 is 2.96 bits per heavy atom. The number of hydrogen-bond acceptors (Lipinski definition) is 6. The molecule has 2 amide bonds. The van der Waals surface area contributed by atoms with E-state index in [-0.39, 0.29) is 23.6 Å². The van der Waals surface area contributed by atoms with Crippen LogP contribution in [0.3, 0.4) is 0 Å². The van der Waals surface area contributed by atoms with Gasteiger partial charge in [0.2, 0.25) is 11.8 Å². The topological polar surface area (TPSA) is 126 Å². The van der Waals surface area contributed by atoms with Crippen LogP contribution in [-0.2, 0) is 9.59 Å². The molecule has 1 saturated heterocycles. The van der Waals surface area contributed by atoms with Gasteiger partial charge in [0.1, 0.15) is 11.5 Å². The SMILES string of the molecule is CC(=O)NC(=N)c1ccn2cc(NC(=O)[C@H]3CCN(C#N)C3)nc2c1. The van der Waals surface area contributed by atoms with Crippen LogP contribution >= 0.6 is 0 Å². The van der Waals surface area contributed by atoms with Crippen LogP contribution in [0.25, 0.3) is 5.65 Å². The highest BCUT2D eigenvalue weighted by atomic mass is 16.2. The van der Waals surface area contributed by atoms with E-state index in [2.05, 4.69) is 15.6 Å². The van der Waals surface area contributed by atoms with E-state index in [1.54, 1.807) is 33.8 Å². The van der Waals surface area contributed by atoms with Crippen LogP contribution in [0.5, 0.6) is 0 Å². The second-order valence-corrected chi connectivity index (χ2v) is 5.88. The largest absolute Gasteiger partial charge is 0.311 e. The van der Waals surface area contributed by atoms with E-state index >= 15 is 0 Å². The lowest BCUT2D eigenvalue weighted by Crippen LogP contribution is -2.27. The van der Waals surface area contributed by atoms with Gasteiger partial charge in [-0.2, -0.15) is 5.26 Å². The Morgan fingerprint density at radius 1 is 1.48 bits per heavy atom. The van der Waals surface area contributed by atoms with Crippen molar-refractivity contribution in [1.29, 1.82) is 10.7 Å². The van der Waals surface area contributed by atoms with E-state index in [0.29, 0.717) is 36.5 Å². The van der Waals surface area contributed by atoms with Gasteiger partial charge >= 0.3 is 0 Å². The molecule has 0 aromatic carbocycles. The monoisotopic (exact) mass is 339 g/mol. The third-order valence-corrected chi connectivity index (χ3v) is 4.00. The number of nitrogens with one attached hydrogen (secondary N) is 3. The average Bonchev–Trinajstić information content (AvgIpc) is 3.19. The number of nitrogens with zero attached hydrogens (tertiary/aromatic N) is 4. The first-order valence-electron chi connectivity index (χ1n) is 7.77. The predicted octanol–water partition coefficient (Wildman–Crippen LogP) is 0.537. The zero-order valence-corrected chi connectivity index (χ0v) is 13.6. The molecule has 0 saturated carbocycles. The molecule has 2 aromatic heterocycles. The van der Waals surface area contributed by atoms with Crippen LogP contribution in [0.1, 0.15) is 18.9 Å². The third kappa shape index (κ3) is 3.58. The first-order chi connectivity index (χ1) is 12.0. The summed E-state index contributed by atoms with van der Waals surface area (Å²) in [6, 6.07) is 3.33. The number of likely N-dealkylation sites (tertiary alicyclic amines) is 1. The second kappa shape index (κ2) is 6.60. The molecular formula is C16H17N7O2. The summed E-state index contributed by atoms with van der Waals surface area (Å²) < 4.78 is 1.72. The van der Waals surface area contributed by atoms with Crippen LogP contribution in [0, 0.1) is 22.8 Å². The van der Waals surface area contributed by atoms with Crippen LogP contribution in [0.2, 0.25) is 0 Å². The van der Waals surface area contributed by atoms with E-state index in [9.17, 15) is 9.59 Å². The number of aromatic nitrogens is 2. The van der Waals surface area contributed by atoms with E-state index in [1.807, 2.05) is 6.19 Å². The van der Waals surface area contributed by atoms with Gasteiger partial charge in [0.15, 0.2) is 12.0 Å². The van der Waals surface area contributed by atoms with Gasteiger partial charge in [-0.3, -0.25) is 15.0 Å². The van der Waals surface area contributed by atoms with Gasteiger partial charge in [0.25, 0.3) is 0 Å². The number of pyridine rings is 1. The molecule has 1 aliphatic heterocycles. The molecule has 1 aliphatic rings. The second-order valence-electron chi connectivity index (χ2n) is 5.88. The van der Waals surface area contributed by atoms with Crippen LogP contribution in [0.15, 0.2) is 24.5 Å². The molecule has 1 fully saturated rings. The smallest absolute Gasteiger partial charge is 0.230 e. The number of nitriles is 1. The van der Waals surface area contributed by atoms with Crippen LogP contribution in [-0.4, -0.2) is 45.0 Å². The Morgan fingerprint density at radius 2 is 2.28 bits per heavy atom. The number of rotatable bonds is 3. The summed E-state index contributed by atoms with van der Waals surface area (Å²) in [6.45, 7) is 2.36. The van der Waals surface area contributed by atoms with Crippen molar-refractivity contribution in [2.75, 3.05) is 18.4 Å². The quantitative estimate of drug-likeness (QED) is 0.427. The molecule has 9 heteroatoms. The molecule has 3 N–H and O–H groups in total. The Bertz CT molecular complexity index is 896. The molecule has 128 valence electrons. The lowest BCUT2D eigenvalue weighted by molar-refractivity contribution is -0.119. The highest BCUT2D eigenvalue weighted by Crippen LogP contribution is 2.18. The summed E-state index contributed by atoms with van der Waals surface area (Å²) in [7, 11) is 0. The van der Waals surface area contributed by atoms with Gasteiger partial charge < -0.3 is 19.9 Å². The molecule has 0 spiro atoms. The average molecular weight is 339 g/mol. The number of imidazole rings is 1. The highest BCUT2D eigenvalue weighted by Gasteiger charge is 2.28. The van der Waals surface area contributed by atoms with Crippen molar-refractivity contribution < 1.29 is 9.59 Å². The minimum absolute atomic E-state index is 0.00821. The number of anilines is 1. The van der Waals surface area contributed by atoms with E-state index in [0.717, 1.165) is 0 Å². The van der Waals surface area contributed by atoms with Crippen molar-refractivity contribution in [3.8, 4) is 6.19 Å². The number of amides is 2. The summed E-state index contributed by atoms with van der Waals surface area (Å²) in [5, 5.41) is 21.9. The van der Waals surface area contributed by atoms with Gasteiger partial charge in [-0.25, -0.2) is 4.98 Å². The van der Waals surface area contributed by atoms with Gasteiger partial charge in [-0.1, -0.05) is 0 Å². The molecule has 0 bridgehead atoms. The van der Waals surface area contributed by atoms with Crippen molar-refractivity contribution in [1.82, 2.24) is 19.6 Å². The first kappa shape index (κ1) is 16.4. The van der Waals surface area contributed by atoms with E-state index in [4.69, 9.17) is 10.7 Å². The molecule has 3 rings (SSSR count). The lowest BCUT2D eigenvalue weighted by Gasteiger charge is -2.08. The molecular weight excluding hydrogens is 322 g/mol. The molecule has 0 radical (unpaired) electrons. The molecule has 2 aromatic rings. The van der Waals surface area contributed by atoms with E-state index < -0.39 is 0 Å². The molecule has 0 aliphatic carbocycles. The number of hydrogen-bond donors (Lipinski definition) is 3. The lowest BCUT2D eigenvalue weighted by atomic mass is 10.1. The Kier molecular flexibility index (Phi) is 4.35. The van der Waals surface area contributed by atoms with Gasteiger partial charge in [-0.15, -0.1) is 0 Å². The zero-order valence-electron chi connectivity index (χ0n) is 13.6. The van der Waals surface area contributed by atoms with E-state index in [1.165, 1.54) is 6.92 Å². The molecule has 9 nitrogen and oxygen atoms in total. The Labute approximate surface area is 143 Å². The molecule has 25 heavy (non-hydrogen) atoms. The van der Waals surface area contributed by atoms with Gasteiger partial charge in [-0.05, 0) is 18.6 Å². The van der Waals surface area contributed by atoms with Crippen molar-refractivity contribution in [3.63, 3.8) is 0 Å². The van der Waals surface area contributed by atoms with Crippen LogP contribution in [0.4, 0.5) is 5.82 Å². The summed E-state index contributed by atoms with van der Waals surface area (Å²) in [4.78, 5) is 29.2. The van der Waals surface area contributed by atoms with Crippen molar-refractivity contribution >= 4 is 29.1 Å². The van der Waals surface area contributed by atoms with Gasteiger partial charge in [0.05, 0.1) is 12.1 Å². The Hall–Kier alpha value is -3.41. The number of carbonyl (C=O) groups is 2. The maximum Gasteiger partial charge on any atom is 0.230 e. The highest BCUT2D eigenvalue weighted by molar-refractivity contribution is 6.06. The molecule has 0 unspecified atom stereocenters. The fourth-order valence-corrected chi connectivity index (χ4v) is 2.74. The number of fused-ring (bicyclic) bond motifs is 1. The van der Waals surface area contributed by atoms with Crippen molar-refractivity contribution in [2.45, 2.75) is 13.3 Å². The molecule has 3 heterocycles. The normalized spacial score (nSPS) is 16.5. The number of amidine groups is 1. The standard InChI is InChI=1S/C16H17N7O2/c1-10(24)19-15(18)11-3-5-23-8-13(20-14(23)6-11)21-16(25)12-2-4-22(7-12)9-17/h3,5-6,8,12H,2,4,7H2,1H3,(H,21,25)(H2,18,19,24)/t12-/m0/s1. The summed E-state index contributed by atoms with van der Waals surface area (Å²) in [6.07, 6.45) is 6.07. The fraction of sp³-hybridized carbons (Fsp3) is 0.312. The number of carbonyl (C=O) groups excluding carboxylic acids is 2. The summed E-state index contributed by atoms with van der Waals surface area (Å²) in [5.41, 5.74) is 1.07. The predicted molar refractivity (Wildman–Crippen MR) is 89.8 cm³/mol. The fourth-order valence-electron chi connectivity index (χ4n) is 2.74. The summed E-state index contributed by atoms with van der Waals surface area (Å²) in [5.74, 6) is -0.306. The van der Waals surface area contributed by atoms with Crippen molar-refractivity contribution in [2.24, 2.45) is 5.92 Å². The summed E-state index contributed by atoms with van der Waals surface area (Å²) >= 11 is 0.